The normalized spacial score (nSPS) is 9.87. The van der Waals surface area contributed by atoms with E-state index in [0.29, 0.717) is 11.8 Å². The topological polar surface area (TPSA) is 70.3 Å². The number of phenolic OH excluding ortho intramolecular Hbond substituents is 1. The molecule has 0 saturated carbocycles. The number of aldehydes is 1. The van der Waals surface area contributed by atoms with E-state index >= 15 is 0 Å². The number of nitriles is 1. The number of carbonyl (C=O) groups is 1. The largest absolute Gasteiger partial charge is 0.504 e. The van der Waals surface area contributed by atoms with E-state index in [9.17, 15) is 9.90 Å². The molecule has 0 spiro atoms. The van der Waals surface area contributed by atoms with Gasteiger partial charge in [-0.2, -0.15) is 5.26 Å². The second kappa shape index (κ2) is 4.82. The zero-order valence-corrected chi connectivity index (χ0v) is 8.10. The minimum atomic E-state index is -0.193. The molecule has 4 heteroatoms. The molecule has 0 fully saturated rings. The van der Waals surface area contributed by atoms with E-state index in [2.05, 4.69) is 0 Å². The van der Waals surface area contributed by atoms with Crippen LogP contribution in [0.5, 0.6) is 11.5 Å². The standard InChI is InChI=1S/C11H9NO3/c1-15-10-6-8(3-2-4-12)5-9(7-13)11(10)14/h2-3,5-7,14H,1H3. The van der Waals surface area contributed by atoms with Crippen molar-refractivity contribution in [1.29, 1.82) is 5.26 Å². The molecule has 15 heavy (non-hydrogen) atoms. The van der Waals surface area contributed by atoms with Crippen molar-refractivity contribution >= 4 is 12.4 Å². The SMILES string of the molecule is COc1cc(C=CC#N)cc(C=O)c1O. The fraction of sp³-hybridized carbons (Fsp3) is 0.0909. The molecule has 0 aliphatic rings. The second-order valence-corrected chi connectivity index (χ2v) is 2.74. The number of phenols is 1. The third kappa shape index (κ3) is 2.35. The number of methoxy groups -OCH3 is 1. The average molecular weight is 203 g/mol. The number of allylic oxidation sites excluding steroid dienone is 1. The molecular weight excluding hydrogens is 194 g/mol. The molecule has 0 unspecified atom stereocenters. The number of nitrogens with zero attached hydrogens (tertiary/aromatic N) is 1. The van der Waals surface area contributed by atoms with Gasteiger partial charge < -0.3 is 9.84 Å². The number of rotatable bonds is 3. The summed E-state index contributed by atoms with van der Waals surface area (Å²) in [6, 6.07) is 4.84. The lowest BCUT2D eigenvalue weighted by Gasteiger charge is -2.06. The highest BCUT2D eigenvalue weighted by Crippen LogP contribution is 2.30. The van der Waals surface area contributed by atoms with Gasteiger partial charge in [0, 0.05) is 6.08 Å². The van der Waals surface area contributed by atoms with E-state index < -0.39 is 0 Å². The van der Waals surface area contributed by atoms with Crippen LogP contribution < -0.4 is 4.74 Å². The van der Waals surface area contributed by atoms with Gasteiger partial charge in [-0.1, -0.05) is 0 Å². The lowest BCUT2D eigenvalue weighted by atomic mass is 10.1. The van der Waals surface area contributed by atoms with Crippen LogP contribution in [0.3, 0.4) is 0 Å². The Labute approximate surface area is 87.0 Å². The molecule has 4 nitrogen and oxygen atoms in total. The van der Waals surface area contributed by atoms with Crippen LogP contribution in [0.4, 0.5) is 0 Å². The average Bonchev–Trinajstić information content (AvgIpc) is 2.27. The molecule has 0 heterocycles. The minimum absolute atomic E-state index is 0.131. The van der Waals surface area contributed by atoms with Crippen LogP contribution >= 0.6 is 0 Å². The van der Waals surface area contributed by atoms with Crippen molar-refractivity contribution in [2.75, 3.05) is 7.11 Å². The van der Waals surface area contributed by atoms with Crippen molar-refractivity contribution in [2.24, 2.45) is 0 Å². The van der Waals surface area contributed by atoms with Gasteiger partial charge in [-0.25, -0.2) is 0 Å². The van der Waals surface area contributed by atoms with Crippen LogP contribution in [-0.4, -0.2) is 18.5 Å². The molecule has 1 aromatic carbocycles. The number of carbonyl (C=O) groups excluding carboxylic acids is 1. The fourth-order valence-electron chi connectivity index (χ4n) is 1.13. The maximum Gasteiger partial charge on any atom is 0.168 e. The summed E-state index contributed by atoms with van der Waals surface area (Å²) >= 11 is 0. The van der Waals surface area contributed by atoms with Crippen molar-refractivity contribution in [3.05, 3.63) is 29.3 Å². The van der Waals surface area contributed by atoms with Crippen LogP contribution in [0.2, 0.25) is 0 Å². The van der Waals surface area contributed by atoms with Gasteiger partial charge >= 0.3 is 0 Å². The fourth-order valence-corrected chi connectivity index (χ4v) is 1.13. The van der Waals surface area contributed by atoms with Crippen molar-refractivity contribution < 1.29 is 14.6 Å². The second-order valence-electron chi connectivity index (χ2n) is 2.74. The van der Waals surface area contributed by atoms with Crippen molar-refractivity contribution in [3.8, 4) is 17.6 Å². The van der Waals surface area contributed by atoms with E-state index in [4.69, 9.17) is 10.00 Å². The van der Waals surface area contributed by atoms with Gasteiger partial charge in [0.2, 0.25) is 0 Å². The predicted octanol–water partition coefficient (Wildman–Crippen LogP) is 1.75. The minimum Gasteiger partial charge on any atom is -0.504 e. The predicted molar refractivity (Wildman–Crippen MR) is 54.7 cm³/mol. The highest BCUT2D eigenvalue weighted by Gasteiger charge is 2.08. The zero-order chi connectivity index (χ0) is 11.3. The maximum atomic E-state index is 10.6. The first kappa shape index (κ1) is 10.8. The highest BCUT2D eigenvalue weighted by molar-refractivity contribution is 5.82. The van der Waals surface area contributed by atoms with E-state index in [0.717, 1.165) is 0 Å². The summed E-state index contributed by atoms with van der Waals surface area (Å²) in [5.41, 5.74) is 0.750. The van der Waals surface area contributed by atoms with Gasteiger partial charge in [-0.15, -0.1) is 0 Å². The molecule has 0 aliphatic heterocycles. The first-order valence-corrected chi connectivity index (χ1v) is 4.15. The maximum absolute atomic E-state index is 10.6. The van der Waals surface area contributed by atoms with Crippen molar-refractivity contribution in [3.63, 3.8) is 0 Å². The Morgan fingerprint density at radius 3 is 2.80 bits per heavy atom. The Kier molecular flexibility index (Phi) is 3.47. The van der Waals surface area contributed by atoms with Crippen LogP contribution in [0.1, 0.15) is 15.9 Å². The highest BCUT2D eigenvalue weighted by atomic mass is 16.5. The van der Waals surface area contributed by atoms with Crippen LogP contribution in [0, 0.1) is 11.3 Å². The first-order chi connectivity index (χ1) is 7.22. The van der Waals surface area contributed by atoms with Gasteiger partial charge in [-0.3, -0.25) is 4.79 Å². The summed E-state index contributed by atoms with van der Waals surface area (Å²) in [5, 5.41) is 17.8. The monoisotopic (exact) mass is 203 g/mol. The molecule has 76 valence electrons. The molecule has 0 radical (unpaired) electrons. The smallest absolute Gasteiger partial charge is 0.168 e. The number of benzene rings is 1. The van der Waals surface area contributed by atoms with Crippen LogP contribution in [-0.2, 0) is 0 Å². The van der Waals surface area contributed by atoms with Crippen LogP contribution in [0.15, 0.2) is 18.2 Å². The zero-order valence-electron chi connectivity index (χ0n) is 8.10. The Hall–Kier alpha value is -2.28. The lowest BCUT2D eigenvalue weighted by molar-refractivity contribution is 0.112. The molecule has 1 aromatic rings. The summed E-state index contributed by atoms with van der Waals surface area (Å²) in [4.78, 5) is 10.6. The Morgan fingerprint density at radius 1 is 1.53 bits per heavy atom. The molecule has 0 bridgehead atoms. The first-order valence-electron chi connectivity index (χ1n) is 4.15. The van der Waals surface area contributed by atoms with Crippen molar-refractivity contribution in [1.82, 2.24) is 0 Å². The number of hydrogen-bond acceptors (Lipinski definition) is 4. The van der Waals surface area contributed by atoms with E-state index in [1.54, 1.807) is 0 Å². The summed E-state index contributed by atoms with van der Waals surface area (Å²) in [5.74, 6) is 0.0128. The molecule has 0 amide bonds. The Bertz CT molecular complexity index is 444. The van der Waals surface area contributed by atoms with E-state index in [1.807, 2.05) is 6.07 Å². The number of ether oxygens (including phenoxy) is 1. The molecule has 0 aliphatic carbocycles. The van der Waals surface area contributed by atoms with Gasteiger partial charge in [-0.05, 0) is 23.8 Å². The van der Waals surface area contributed by atoms with Gasteiger partial charge in [0.25, 0.3) is 0 Å². The van der Waals surface area contributed by atoms with Crippen molar-refractivity contribution in [2.45, 2.75) is 0 Å². The summed E-state index contributed by atoms with van der Waals surface area (Å²) in [7, 11) is 1.39. The lowest BCUT2D eigenvalue weighted by Crippen LogP contribution is -1.90. The number of hydrogen-bond donors (Lipinski definition) is 1. The third-order valence-corrected chi connectivity index (χ3v) is 1.82. The Balaban J connectivity index is 3.27. The van der Waals surface area contributed by atoms with Gasteiger partial charge in [0.05, 0.1) is 18.7 Å². The van der Waals surface area contributed by atoms with E-state index in [1.165, 1.54) is 31.4 Å². The summed E-state index contributed by atoms with van der Waals surface area (Å²) < 4.78 is 4.88. The molecule has 0 saturated heterocycles. The molecule has 0 aromatic heterocycles. The molecule has 0 atom stereocenters. The molecular formula is C11H9NO3. The molecule has 1 rings (SSSR count). The third-order valence-electron chi connectivity index (χ3n) is 1.82. The van der Waals surface area contributed by atoms with Gasteiger partial charge in [0.1, 0.15) is 0 Å². The summed E-state index contributed by atoms with van der Waals surface area (Å²) in [6.45, 7) is 0. The van der Waals surface area contributed by atoms with E-state index in [-0.39, 0.29) is 17.1 Å². The quantitative estimate of drug-likeness (QED) is 0.600. The Morgan fingerprint density at radius 2 is 2.27 bits per heavy atom. The molecule has 1 N–H and O–H groups in total. The number of aromatic hydroxyl groups is 1. The van der Waals surface area contributed by atoms with Gasteiger partial charge in [0.15, 0.2) is 17.8 Å². The summed E-state index contributed by atoms with van der Waals surface area (Å²) in [6.07, 6.45) is 3.33. The van der Waals surface area contributed by atoms with Crippen LogP contribution in [0.25, 0.3) is 6.08 Å².